The van der Waals surface area contributed by atoms with Crippen molar-refractivity contribution in [3.8, 4) is 6.07 Å². The number of hydrogen-bond acceptors (Lipinski definition) is 5. The molecule has 72 valence electrons. The summed E-state index contributed by atoms with van der Waals surface area (Å²) >= 11 is 0. The predicted octanol–water partition coefficient (Wildman–Crippen LogP) is 0.0658. The normalized spacial score (nSPS) is 20.9. The van der Waals surface area contributed by atoms with Crippen molar-refractivity contribution in [2.75, 3.05) is 18.2 Å². The molecule has 1 unspecified atom stereocenters. The molecule has 5 nitrogen and oxygen atoms in total. The molecule has 0 spiro atoms. The van der Waals surface area contributed by atoms with E-state index in [9.17, 15) is 5.11 Å². The van der Waals surface area contributed by atoms with Gasteiger partial charge in [0.25, 0.3) is 0 Å². The van der Waals surface area contributed by atoms with Gasteiger partial charge in [-0.1, -0.05) is 0 Å². The molecule has 14 heavy (non-hydrogen) atoms. The van der Waals surface area contributed by atoms with Crippen molar-refractivity contribution in [1.29, 1.82) is 5.26 Å². The number of aliphatic hydroxyl groups is 1. The molecule has 0 aromatic carbocycles. The third-order valence-electron chi connectivity index (χ3n) is 1.94. The fourth-order valence-electron chi connectivity index (χ4n) is 1.30. The SMILES string of the molecule is N#Cc1cccnc1N1CC(O)CO1. The zero-order valence-electron chi connectivity index (χ0n) is 7.42. The summed E-state index contributed by atoms with van der Waals surface area (Å²) in [6, 6.07) is 5.37. The number of rotatable bonds is 1. The molecule has 1 aromatic rings. The smallest absolute Gasteiger partial charge is 0.170 e. The van der Waals surface area contributed by atoms with Crippen LogP contribution in [0.25, 0.3) is 0 Å². The molecule has 5 heteroatoms. The molecule has 1 aliphatic rings. The highest BCUT2D eigenvalue weighted by molar-refractivity contribution is 5.52. The van der Waals surface area contributed by atoms with Crippen LogP contribution in [0.3, 0.4) is 0 Å². The molecule has 0 amide bonds. The van der Waals surface area contributed by atoms with E-state index >= 15 is 0 Å². The van der Waals surface area contributed by atoms with Crippen molar-refractivity contribution in [1.82, 2.24) is 4.98 Å². The summed E-state index contributed by atoms with van der Waals surface area (Å²) in [6.07, 6.45) is 1.08. The van der Waals surface area contributed by atoms with Crippen molar-refractivity contribution < 1.29 is 9.94 Å². The number of aliphatic hydroxyl groups excluding tert-OH is 1. The third-order valence-corrected chi connectivity index (χ3v) is 1.94. The van der Waals surface area contributed by atoms with Gasteiger partial charge in [-0.25, -0.2) is 10.0 Å². The summed E-state index contributed by atoms with van der Waals surface area (Å²) < 4.78 is 0. The summed E-state index contributed by atoms with van der Waals surface area (Å²) in [7, 11) is 0. The van der Waals surface area contributed by atoms with Gasteiger partial charge in [-0.2, -0.15) is 5.26 Å². The van der Waals surface area contributed by atoms with Crippen molar-refractivity contribution in [3.05, 3.63) is 23.9 Å². The largest absolute Gasteiger partial charge is 0.389 e. The quantitative estimate of drug-likeness (QED) is 0.680. The average Bonchev–Trinajstić information content (AvgIpc) is 2.65. The monoisotopic (exact) mass is 191 g/mol. The fraction of sp³-hybridized carbons (Fsp3) is 0.333. The van der Waals surface area contributed by atoms with Gasteiger partial charge in [0.2, 0.25) is 0 Å². The standard InChI is InChI=1S/C9H9N3O2/c10-4-7-2-1-3-11-9(7)12-5-8(13)6-14-12/h1-3,8,13H,5-6H2. The van der Waals surface area contributed by atoms with Crippen LogP contribution in [0.15, 0.2) is 18.3 Å². The molecule has 0 bridgehead atoms. The summed E-state index contributed by atoms with van der Waals surface area (Å²) in [6.45, 7) is 0.604. The van der Waals surface area contributed by atoms with Gasteiger partial charge in [0.1, 0.15) is 12.7 Å². The van der Waals surface area contributed by atoms with E-state index in [1.807, 2.05) is 6.07 Å². The summed E-state index contributed by atoms with van der Waals surface area (Å²) in [4.78, 5) is 9.20. The molecule has 1 aliphatic heterocycles. The number of nitriles is 1. The van der Waals surface area contributed by atoms with Gasteiger partial charge in [0, 0.05) is 6.20 Å². The van der Waals surface area contributed by atoms with Crippen LogP contribution in [-0.4, -0.2) is 29.3 Å². The molecule has 1 aromatic heterocycles. The van der Waals surface area contributed by atoms with E-state index in [0.29, 0.717) is 17.9 Å². The number of hydroxylamine groups is 1. The van der Waals surface area contributed by atoms with Gasteiger partial charge in [-0.15, -0.1) is 0 Å². The van der Waals surface area contributed by atoms with E-state index in [2.05, 4.69) is 4.98 Å². The van der Waals surface area contributed by atoms with E-state index < -0.39 is 6.10 Å². The van der Waals surface area contributed by atoms with E-state index in [4.69, 9.17) is 10.1 Å². The van der Waals surface area contributed by atoms with Crippen molar-refractivity contribution in [2.24, 2.45) is 0 Å². The first-order valence-electron chi connectivity index (χ1n) is 4.25. The van der Waals surface area contributed by atoms with E-state index in [1.165, 1.54) is 5.06 Å². The molecular formula is C9H9N3O2. The highest BCUT2D eigenvalue weighted by atomic mass is 16.7. The Morgan fingerprint density at radius 3 is 3.21 bits per heavy atom. The Kier molecular flexibility index (Phi) is 2.31. The van der Waals surface area contributed by atoms with Crippen LogP contribution in [0.4, 0.5) is 5.82 Å². The summed E-state index contributed by atoms with van der Waals surface area (Å²) in [5.74, 6) is 0.464. The summed E-state index contributed by atoms with van der Waals surface area (Å²) in [5, 5.41) is 19.5. The highest BCUT2D eigenvalue weighted by Crippen LogP contribution is 2.20. The molecule has 0 radical (unpaired) electrons. The number of pyridine rings is 1. The lowest BCUT2D eigenvalue weighted by Gasteiger charge is -2.15. The lowest BCUT2D eigenvalue weighted by atomic mass is 10.3. The second-order valence-electron chi connectivity index (χ2n) is 3.00. The molecule has 1 atom stereocenters. The van der Waals surface area contributed by atoms with Crippen LogP contribution in [0, 0.1) is 11.3 Å². The topological polar surface area (TPSA) is 69.4 Å². The maximum atomic E-state index is 9.25. The molecule has 0 saturated carbocycles. The zero-order valence-corrected chi connectivity index (χ0v) is 7.42. The highest BCUT2D eigenvalue weighted by Gasteiger charge is 2.24. The Labute approximate surface area is 81.1 Å². The van der Waals surface area contributed by atoms with Gasteiger partial charge >= 0.3 is 0 Å². The van der Waals surface area contributed by atoms with Crippen LogP contribution in [-0.2, 0) is 4.84 Å². The molecule has 1 N–H and O–H groups in total. The lowest BCUT2D eigenvalue weighted by molar-refractivity contribution is 0.115. The number of β-amino-alcohol motifs (C(OH)–C–C–N with tert-alkyl or cyclic N) is 1. The first kappa shape index (κ1) is 8.94. The molecule has 0 aliphatic carbocycles. The van der Waals surface area contributed by atoms with Gasteiger partial charge in [-0.3, -0.25) is 4.84 Å². The Morgan fingerprint density at radius 1 is 1.71 bits per heavy atom. The van der Waals surface area contributed by atoms with Crippen LogP contribution >= 0.6 is 0 Å². The summed E-state index contributed by atoms with van der Waals surface area (Å²) in [5.41, 5.74) is 0.446. The van der Waals surface area contributed by atoms with Gasteiger partial charge < -0.3 is 5.11 Å². The molecular weight excluding hydrogens is 182 g/mol. The Bertz CT molecular complexity index is 375. The van der Waals surface area contributed by atoms with Crippen LogP contribution in [0.1, 0.15) is 5.56 Å². The minimum absolute atomic E-state index is 0.251. The van der Waals surface area contributed by atoms with E-state index in [-0.39, 0.29) is 6.61 Å². The molecule has 1 fully saturated rings. The van der Waals surface area contributed by atoms with Crippen LogP contribution in [0.5, 0.6) is 0 Å². The first-order valence-corrected chi connectivity index (χ1v) is 4.25. The third kappa shape index (κ3) is 1.53. The number of nitrogens with zero attached hydrogens (tertiary/aromatic N) is 3. The van der Waals surface area contributed by atoms with E-state index in [0.717, 1.165) is 0 Å². The minimum Gasteiger partial charge on any atom is -0.389 e. The molecule has 2 rings (SSSR count). The maximum absolute atomic E-state index is 9.25. The van der Waals surface area contributed by atoms with Crippen molar-refractivity contribution >= 4 is 5.82 Å². The van der Waals surface area contributed by atoms with Gasteiger partial charge in [0.15, 0.2) is 5.82 Å². The number of aromatic nitrogens is 1. The average molecular weight is 191 g/mol. The Balaban J connectivity index is 2.28. The van der Waals surface area contributed by atoms with Gasteiger partial charge in [-0.05, 0) is 12.1 Å². The Morgan fingerprint density at radius 2 is 2.57 bits per heavy atom. The van der Waals surface area contributed by atoms with Gasteiger partial charge in [0.05, 0.1) is 18.2 Å². The molecule has 2 heterocycles. The first-order chi connectivity index (χ1) is 6.81. The van der Waals surface area contributed by atoms with E-state index in [1.54, 1.807) is 18.3 Å². The lowest BCUT2D eigenvalue weighted by Crippen LogP contribution is -2.21. The van der Waals surface area contributed by atoms with Crippen molar-refractivity contribution in [2.45, 2.75) is 6.10 Å². The van der Waals surface area contributed by atoms with Crippen LogP contribution in [0.2, 0.25) is 0 Å². The number of anilines is 1. The van der Waals surface area contributed by atoms with Crippen molar-refractivity contribution in [3.63, 3.8) is 0 Å². The second-order valence-corrected chi connectivity index (χ2v) is 3.00. The zero-order chi connectivity index (χ0) is 9.97. The van der Waals surface area contributed by atoms with Crippen LogP contribution < -0.4 is 5.06 Å². The molecule has 1 saturated heterocycles. The second kappa shape index (κ2) is 3.62. The Hall–Kier alpha value is -1.64. The fourth-order valence-corrected chi connectivity index (χ4v) is 1.30. The number of hydrogen-bond donors (Lipinski definition) is 1. The maximum Gasteiger partial charge on any atom is 0.170 e. The minimum atomic E-state index is -0.511. The predicted molar refractivity (Wildman–Crippen MR) is 48.3 cm³/mol.